The number of hydrogen-bond donors (Lipinski definition) is 0. The normalized spacial score (nSPS) is 11.2. The van der Waals surface area contributed by atoms with Gasteiger partial charge < -0.3 is 4.55 Å². The molecule has 188 valence electrons. The first kappa shape index (κ1) is 27.5. The van der Waals surface area contributed by atoms with E-state index in [0.29, 0.717) is 0 Å². The van der Waals surface area contributed by atoms with Crippen molar-refractivity contribution < 1.29 is 26.1 Å². The molecule has 3 nitrogen and oxygen atoms in total. The van der Waals surface area contributed by atoms with Crippen LogP contribution in [0.1, 0.15) is 22.3 Å². The maximum absolute atomic E-state index is 13.0. The minimum atomic E-state index is -5.13. The molecule has 0 saturated heterocycles. The standard InChI is InChI=1S/C21H21S.C7H5F3O3S/c1-16-14-17(2)21(18(3)15-16)22(19-10-6-4-7-11-19)20-12-8-5-9-13-20;1-3-6(9)4(8)2-5(7(3)10)14(11,12)13/h4-15H,1-3H3;2H,1H3,(H,11,12,13)/q+1;/p-1. The van der Waals surface area contributed by atoms with Gasteiger partial charge in [0.1, 0.15) is 15.9 Å². The zero-order valence-electron chi connectivity index (χ0n) is 20.2. The number of hydrogen-bond acceptors (Lipinski definition) is 3. The summed E-state index contributed by atoms with van der Waals surface area (Å²) in [6, 6.07) is 26.3. The quantitative estimate of drug-likeness (QED) is 0.162. The highest BCUT2D eigenvalue weighted by atomic mass is 32.2. The van der Waals surface area contributed by atoms with E-state index in [0.717, 1.165) is 6.92 Å². The van der Waals surface area contributed by atoms with Gasteiger partial charge in [-0.25, -0.2) is 21.6 Å². The van der Waals surface area contributed by atoms with E-state index in [9.17, 15) is 26.1 Å². The smallest absolute Gasteiger partial charge is 0.172 e. The van der Waals surface area contributed by atoms with Crippen molar-refractivity contribution in [2.24, 2.45) is 0 Å². The minimum Gasteiger partial charge on any atom is -0.744 e. The van der Waals surface area contributed by atoms with E-state index in [4.69, 9.17) is 0 Å². The molecule has 36 heavy (non-hydrogen) atoms. The average Bonchev–Trinajstić information content (AvgIpc) is 2.83. The predicted molar refractivity (Wildman–Crippen MR) is 135 cm³/mol. The van der Waals surface area contributed by atoms with Crippen molar-refractivity contribution in [2.75, 3.05) is 0 Å². The van der Waals surface area contributed by atoms with Crippen LogP contribution in [-0.4, -0.2) is 13.0 Å². The summed E-state index contributed by atoms with van der Waals surface area (Å²) in [6.45, 7) is 7.48. The molecule has 0 bridgehead atoms. The maximum atomic E-state index is 13.0. The van der Waals surface area contributed by atoms with E-state index >= 15 is 0 Å². The van der Waals surface area contributed by atoms with Crippen molar-refractivity contribution in [1.29, 1.82) is 0 Å². The molecule has 8 heteroatoms. The zero-order valence-corrected chi connectivity index (χ0v) is 21.8. The second kappa shape index (κ2) is 11.3. The predicted octanol–water partition coefficient (Wildman–Crippen LogP) is 7.02. The van der Waals surface area contributed by atoms with Crippen molar-refractivity contribution in [3.63, 3.8) is 0 Å². The van der Waals surface area contributed by atoms with E-state index in [1.165, 1.54) is 31.4 Å². The molecule has 0 spiro atoms. The Hall–Kier alpha value is -3.07. The van der Waals surface area contributed by atoms with E-state index in [-0.39, 0.29) is 17.0 Å². The van der Waals surface area contributed by atoms with Crippen LogP contribution >= 0.6 is 0 Å². The van der Waals surface area contributed by atoms with Gasteiger partial charge in [-0.2, -0.15) is 0 Å². The fourth-order valence-corrected chi connectivity index (χ4v) is 6.84. The summed E-state index contributed by atoms with van der Waals surface area (Å²) in [7, 11) is -5.17. The highest BCUT2D eigenvalue weighted by Gasteiger charge is 2.31. The SMILES string of the molecule is Cc1c(F)c(F)cc(S(=O)(=O)[O-])c1F.Cc1cc(C)c([S+](c2ccccc2)c2ccccc2)c(C)c1. The van der Waals surface area contributed by atoms with Gasteiger partial charge in [0.2, 0.25) is 0 Å². The third-order valence-corrected chi connectivity index (χ3v) is 8.75. The minimum absolute atomic E-state index is 0.0278. The molecule has 0 N–H and O–H groups in total. The van der Waals surface area contributed by atoms with Gasteiger partial charge in [-0.15, -0.1) is 0 Å². The van der Waals surface area contributed by atoms with Crippen molar-refractivity contribution in [3.05, 3.63) is 119 Å². The number of aryl methyl sites for hydroxylation is 3. The van der Waals surface area contributed by atoms with E-state index in [2.05, 4.69) is 93.6 Å². The van der Waals surface area contributed by atoms with Gasteiger partial charge in [-0.1, -0.05) is 54.1 Å². The maximum Gasteiger partial charge on any atom is 0.172 e. The third-order valence-electron chi connectivity index (χ3n) is 5.38. The van der Waals surface area contributed by atoms with Gasteiger partial charge in [0.15, 0.2) is 26.3 Å². The summed E-state index contributed by atoms with van der Waals surface area (Å²) < 4.78 is 69.4. The molecular weight excluding hydrogens is 505 g/mol. The summed E-state index contributed by atoms with van der Waals surface area (Å²) in [5.74, 6) is -4.63. The molecule has 0 aromatic heterocycles. The van der Waals surface area contributed by atoms with Gasteiger partial charge in [-0.3, -0.25) is 0 Å². The second-order valence-corrected chi connectivity index (χ2v) is 11.5. The Morgan fingerprint density at radius 1 is 0.694 bits per heavy atom. The molecule has 0 aliphatic heterocycles. The largest absolute Gasteiger partial charge is 0.744 e. The van der Waals surface area contributed by atoms with Crippen LogP contribution in [0.5, 0.6) is 0 Å². The Morgan fingerprint density at radius 3 is 1.56 bits per heavy atom. The first-order valence-corrected chi connectivity index (χ1v) is 13.6. The van der Waals surface area contributed by atoms with Crippen molar-refractivity contribution >= 4 is 21.0 Å². The molecule has 0 fully saturated rings. The molecular formula is C28H25F3O3S2. The Labute approximate surface area is 212 Å². The molecule has 4 aromatic rings. The van der Waals surface area contributed by atoms with Crippen molar-refractivity contribution in [1.82, 2.24) is 0 Å². The summed E-state index contributed by atoms with van der Waals surface area (Å²) in [5.41, 5.74) is 3.27. The van der Waals surface area contributed by atoms with Crippen molar-refractivity contribution in [3.8, 4) is 0 Å². The van der Waals surface area contributed by atoms with Crippen LogP contribution in [0.4, 0.5) is 13.2 Å². The Balaban J connectivity index is 0.000000223. The molecule has 0 radical (unpaired) electrons. The number of benzene rings is 4. The van der Waals surface area contributed by atoms with Crippen LogP contribution in [0.3, 0.4) is 0 Å². The fourth-order valence-electron chi connectivity index (χ4n) is 3.86. The Bertz CT molecular complexity index is 1410. The van der Waals surface area contributed by atoms with Crippen LogP contribution in [-0.2, 0) is 21.0 Å². The summed E-state index contributed by atoms with van der Waals surface area (Å²) in [6.07, 6.45) is 0. The van der Waals surface area contributed by atoms with Crippen LogP contribution in [0.25, 0.3) is 0 Å². The molecule has 4 rings (SSSR count). The third kappa shape index (κ3) is 6.19. The van der Waals surface area contributed by atoms with Crippen molar-refractivity contribution in [2.45, 2.75) is 47.3 Å². The first-order chi connectivity index (χ1) is 16.9. The lowest BCUT2D eigenvalue weighted by Crippen LogP contribution is -2.08. The average molecular weight is 531 g/mol. The summed E-state index contributed by atoms with van der Waals surface area (Å²) in [5, 5.41) is 0. The van der Waals surface area contributed by atoms with Crippen LogP contribution in [0.2, 0.25) is 0 Å². The lowest BCUT2D eigenvalue weighted by atomic mass is 10.1. The van der Waals surface area contributed by atoms with E-state index in [1.807, 2.05) is 0 Å². The monoisotopic (exact) mass is 530 g/mol. The second-order valence-electron chi connectivity index (χ2n) is 8.22. The van der Waals surface area contributed by atoms with Crippen LogP contribution < -0.4 is 0 Å². The molecule has 0 atom stereocenters. The summed E-state index contributed by atoms with van der Waals surface area (Å²) in [4.78, 5) is 2.84. The topological polar surface area (TPSA) is 57.2 Å². The highest BCUT2D eigenvalue weighted by molar-refractivity contribution is 7.97. The summed E-state index contributed by atoms with van der Waals surface area (Å²) >= 11 is 0. The van der Waals surface area contributed by atoms with Gasteiger partial charge in [-0.05, 0) is 58.0 Å². The molecule has 0 heterocycles. The van der Waals surface area contributed by atoms with E-state index in [1.54, 1.807) is 0 Å². The lowest BCUT2D eigenvalue weighted by molar-refractivity contribution is 0.441. The van der Waals surface area contributed by atoms with Crippen LogP contribution in [0, 0.1) is 45.1 Å². The molecule has 0 aliphatic carbocycles. The Morgan fingerprint density at radius 2 is 1.14 bits per heavy atom. The van der Waals surface area contributed by atoms with Gasteiger partial charge in [0.05, 0.1) is 15.8 Å². The van der Waals surface area contributed by atoms with E-state index < -0.39 is 38.0 Å². The zero-order chi connectivity index (χ0) is 26.6. The molecule has 4 aromatic carbocycles. The molecule has 0 aliphatic rings. The molecule has 0 unspecified atom stereocenters. The number of halogens is 3. The molecule has 0 saturated carbocycles. The fraction of sp³-hybridized carbons (Fsp3) is 0.143. The highest BCUT2D eigenvalue weighted by Crippen LogP contribution is 2.35. The first-order valence-electron chi connectivity index (χ1n) is 10.9. The van der Waals surface area contributed by atoms with Gasteiger partial charge in [0, 0.05) is 16.7 Å². The van der Waals surface area contributed by atoms with Crippen LogP contribution in [0.15, 0.2) is 98.4 Å². The lowest BCUT2D eigenvalue weighted by Gasteiger charge is -2.13. The van der Waals surface area contributed by atoms with Gasteiger partial charge >= 0.3 is 0 Å². The molecule has 0 amide bonds. The number of rotatable bonds is 4. The Kier molecular flexibility index (Phi) is 8.66. The van der Waals surface area contributed by atoms with Gasteiger partial charge in [0.25, 0.3) is 0 Å².